The summed E-state index contributed by atoms with van der Waals surface area (Å²) in [6, 6.07) is 0.503. The molecule has 11 heavy (non-hydrogen) atoms. The van der Waals surface area contributed by atoms with Crippen molar-refractivity contribution in [3.63, 3.8) is 0 Å². The Hall–Kier alpha value is -0.120. The topological polar surface area (TPSA) is 41.5 Å². The SMILES string of the molecule is CCN[C@H]1CC[C@H](CO)OC1. The van der Waals surface area contributed by atoms with Crippen molar-refractivity contribution in [3.8, 4) is 0 Å². The van der Waals surface area contributed by atoms with Gasteiger partial charge in [-0.3, -0.25) is 0 Å². The molecule has 2 N–H and O–H groups in total. The van der Waals surface area contributed by atoms with Gasteiger partial charge in [0.15, 0.2) is 0 Å². The number of likely N-dealkylation sites (N-methyl/N-ethyl adjacent to an activating group) is 1. The summed E-state index contributed by atoms with van der Waals surface area (Å²) in [5, 5.41) is 12.1. The first kappa shape index (κ1) is 8.97. The molecular weight excluding hydrogens is 142 g/mol. The average Bonchev–Trinajstić information content (AvgIpc) is 2.07. The highest BCUT2D eigenvalue weighted by Crippen LogP contribution is 2.12. The fourth-order valence-corrected chi connectivity index (χ4v) is 1.40. The molecule has 1 fully saturated rings. The smallest absolute Gasteiger partial charge is 0.0807 e. The van der Waals surface area contributed by atoms with Crippen molar-refractivity contribution >= 4 is 0 Å². The van der Waals surface area contributed by atoms with Crippen LogP contribution in [-0.4, -0.2) is 37.0 Å². The van der Waals surface area contributed by atoms with Crippen LogP contribution in [0.3, 0.4) is 0 Å². The fraction of sp³-hybridized carbons (Fsp3) is 1.00. The van der Waals surface area contributed by atoms with Crippen molar-refractivity contribution in [2.24, 2.45) is 0 Å². The number of aliphatic hydroxyl groups is 1. The van der Waals surface area contributed by atoms with Gasteiger partial charge >= 0.3 is 0 Å². The van der Waals surface area contributed by atoms with E-state index in [-0.39, 0.29) is 12.7 Å². The lowest BCUT2D eigenvalue weighted by Crippen LogP contribution is -2.40. The van der Waals surface area contributed by atoms with Gasteiger partial charge in [-0.15, -0.1) is 0 Å². The van der Waals surface area contributed by atoms with Crippen LogP contribution in [0.4, 0.5) is 0 Å². The minimum Gasteiger partial charge on any atom is -0.394 e. The van der Waals surface area contributed by atoms with Crippen molar-refractivity contribution in [2.45, 2.75) is 31.9 Å². The van der Waals surface area contributed by atoms with E-state index in [1.54, 1.807) is 0 Å². The summed E-state index contributed by atoms with van der Waals surface area (Å²) in [4.78, 5) is 0. The number of hydrogen-bond acceptors (Lipinski definition) is 3. The van der Waals surface area contributed by atoms with Crippen LogP contribution in [0, 0.1) is 0 Å². The lowest BCUT2D eigenvalue weighted by Gasteiger charge is -2.28. The van der Waals surface area contributed by atoms with Gasteiger partial charge in [-0.1, -0.05) is 6.92 Å². The number of ether oxygens (including phenoxy) is 1. The summed E-state index contributed by atoms with van der Waals surface area (Å²) in [6.45, 7) is 4.01. The highest BCUT2D eigenvalue weighted by atomic mass is 16.5. The zero-order chi connectivity index (χ0) is 8.10. The molecule has 1 aliphatic heterocycles. The van der Waals surface area contributed by atoms with E-state index >= 15 is 0 Å². The third kappa shape index (κ3) is 2.77. The van der Waals surface area contributed by atoms with Crippen LogP contribution in [-0.2, 0) is 4.74 Å². The predicted octanol–water partition coefficient (Wildman–Crippen LogP) is 0.136. The van der Waals surface area contributed by atoms with Crippen LogP contribution >= 0.6 is 0 Å². The molecule has 0 aliphatic carbocycles. The second kappa shape index (κ2) is 4.70. The van der Waals surface area contributed by atoms with Crippen LogP contribution in [0.5, 0.6) is 0 Å². The zero-order valence-corrected chi connectivity index (χ0v) is 7.05. The molecule has 0 saturated carbocycles. The number of rotatable bonds is 3. The summed E-state index contributed by atoms with van der Waals surface area (Å²) in [7, 11) is 0. The molecular formula is C8H17NO2. The Labute approximate surface area is 67.7 Å². The van der Waals surface area contributed by atoms with E-state index in [2.05, 4.69) is 12.2 Å². The van der Waals surface area contributed by atoms with Gasteiger partial charge in [0.25, 0.3) is 0 Å². The zero-order valence-electron chi connectivity index (χ0n) is 7.05. The van der Waals surface area contributed by atoms with Crippen LogP contribution in [0.15, 0.2) is 0 Å². The normalized spacial score (nSPS) is 32.2. The third-order valence-corrected chi connectivity index (χ3v) is 2.07. The highest BCUT2D eigenvalue weighted by molar-refractivity contribution is 4.73. The van der Waals surface area contributed by atoms with Crippen LogP contribution in [0.2, 0.25) is 0 Å². The molecule has 1 rings (SSSR count). The molecule has 3 nitrogen and oxygen atoms in total. The van der Waals surface area contributed by atoms with E-state index in [1.807, 2.05) is 0 Å². The summed E-state index contributed by atoms with van der Waals surface area (Å²) in [5.74, 6) is 0. The van der Waals surface area contributed by atoms with E-state index in [9.17, 15) is 0 Å². The Balaban J connectivity index is 2.14. The molecule has 0 unspecified atom stereocenters. The van der Waals surface area contributed by atoms with Crippen molar-refractivity contribution in [2.75, 3.05) is 19.8 Å². The minimum absolute atomic E-state index is 0.0879. The lowest BCUT2D eigenvalue weighted by atomic mass is 10.1. The van der Waals surface area contributed by atoms with Gasteiger partial charge in [0.1, 0.15) is 0 Å². The molecule has 2 atom stereocenters. The summed E-state index contributed by atoms with van der Waals surface area (Å²) in [6.07, 6.45) is 2.19. The van der Waals surface area contributed by atoms with Gasteiger partial charge < -0.3 is 15.2 Å². The molecule has 0 bridgehead atoms. The fourth-order valence-electron chi connectivity index (χ4n) is 1.40. The molecule has 0 aromatic rings. The summed E-state index contributed by atoms with van der Waals surface area (Å²) >= 11 is 0. The van der Waals surface area contributed by atoms with Gasteiger partial charge in [-0.2, -0.15) is 0 Å². The number of hydrogen-bond donors (Lipinski definition) is 2. The third-order valence-electron chi connectivity index (χ3n) is 2.07. The van der Waals surface area contributed by atoms with Crippen molar-refractivity contribution in [3.05, 3.63) is 0 Å². The van der Waals surface area contributed by atoms with Gasteiger partial charge in [0.05, 0.1) is 19.3 Å². The quantitative estimate of drug-likeness (QED) is 0.615. The van der Waals surface area contributed by atoms with E-state index in [0.29, 0.717) is 6.04 Å². The second-order valence-corrected chi connectivity index (χ2v) is 2.97. The molecule has 1 saturated heterocycles. The maximum atomic E-state index is 8.76. The van der Waals surface area contributed by atoms with E-state index in [4.69, 9.17) is 9.84 Å². The van der Waals surface area contributed by atoms with Crippen molar-refractivity contribution in [1.82, 2.24) is 5.32 Å². The maximum absolute atomic E-state index is 8.76. The van der Waals surface area contributed by atoms with E-state index < -0.39 is 0 Å². The van der Waals surface area contributed by atoms with Crippen molar-refractivity contribution in [1.29, 1.82) is 0 Å². The minimum atomic E-state index is 0.0879. The Kier molecular flexibility index (Phi) is 3.83. The molecule has 66 valence electrons. The van der Waals surface area contributed by atoms with Crippen LogP contribution in [0.1, 0.15) is 19.8 Å². The molecule has 0 aromatic carbocycles. The van der Waals surface area contributed by atoms with Gasteiger partial charge in [-0.25, -0.2) is 0 Å². The standard InChI is InChI=1S/C8H17NO2/c1-2-9-7-3-4-8(5-10)11-6-7/h7-10H,2-6H2,1H3/t7-,8+/m0/s1. The molecule has 1 aliphatic rings. The van der Waals surface area contributed by atoms with Gasteiger partial charge in [-0.05, 0) is 19.4 Å². The molecule has 0 radical (unpaired) electrons. The molecule has 3 heteroatoms. The van der Waals surface area contributed by atoms with E-state index in [0.717, 1.165) is 26.0 Å². The Morgan fingerprint density at radius 1 is 1.55 bits per heavy atom. The second-order valence-electron chi connectivity index (χ2n) is 2.97. The van der Waals surface area contributed by atoms with Crippen LogP contribution in [0.25, 0.3) is 0 Å². The summed E-state index contributed by atoms with van der Waals surface area (Å²) in [5.41, 5.74) is 0. The first-order valence-corrected chi connectivity index (χ1v) is 4.32. The molecule has 0 spiro atoms. The molecule has 1 heterocycles. The molecule has 0 aromatic heterocycles. The first-order valence-electron chi connectivity index (χ1n) is 4.32. The van der Waals surface area contributed by atoms with Gasteiger partial charge in [0, 0.05) is 6.04 Å². The lowest BCUT2D eigenvalue weighted by molar-refractivity contribution is -0.0313. The monoisotopic (exact) mass is 159 g/mol. The molecule has 0 amide bonds. The van der Waals surface area contributed by atoms with E-state index in [1.165, 1.54) is 0 Å². The Bertz CT molecular complexity index is 100. The van der Waals surface area contributed by atoms with Crippen molar-refractivity contribution < 1.29 is 9.84 Å². The first-order chi connectivity index (χ1) is 5.36. The summed E-state index contributed by atoms with van der Waals surface area (Å²) < 4.78 is 5.38. The average molecular weight is 159 g/mol. The largest absolute Gasteiger partial charge is 0.394 e. The van der Waals surface area contributed by atoms with Gasteiger partial charge in [0.2, 0.25) is 0 Å². The highest BCUT2D eigenvalue weighted by Gasteiger charge is 2.19. The Morgan fingerprint density at radius 2 is 2.36 bits per heavy atom. The number of nitrogens with one attached hydrogen (secondary N) is 1. The number of aliphatic hydroxyl groups excluding tert-OH is 1. The maximum Gasteiger partial charge on any atom is 0.0807 e. The van der Waals surface area contributed by atoms with Crippen LogP contribution < -0.4 is 5.32 Å². The Morgan fingerprint density at radius 3 is 2.82 bits per heavy atom. The predicted molar refractivity (Wildman–Crippen MR) is 43.5 cm³/mol.